The largest absolute Gasteiger partial charge is 0.338 e. The molecule has 0 bridgehead atoms. The lowest BCUT2D eigenvalue weighted by molar-refractivity contribution is -0.119. The predicted octanol–water partition coefficient (Wildman–Crippen LogP) is 3.30. The molecule has 1 aliphatic carbocycles. The number of aromatic nitrogens is 2. The van der Waals surface area contributed by atoms with Crippen LogP contribution in [0.4, 0.5) is 5.69 Å². The fraction of sp³-hybridized carbons (Fsp3) is 0.263. The highest BCUT2D eigenvalue weighted by atomic mass is 16.1. The average molecular weight is 320 g/mol. The Kier molecular flexibility index (Phi) is 3.78. The van der Waals surface area contributed by atoms with Gasteiger partial charge >= 0.3 is 0 Å². The normalized spacial score (nSPS) is 20.4. The van der Waals surface area contributed by atoms with Gasteiger partial charge in [-0.3, -0.25) is 4.79 Å². The lowest BCUT2D eigenvalue weighted by Gasteiger charge is -2.11. The van der Waals surface area contributed by atoms with Gasteiger partial charge in [0.2, 0.25) is 5.91 Å². The highest BCUT2D eigenvalue weighted by Gasteiger charge is 2.27. The van der Waals surface area contributed by atoms with Gasteiger partial charge in [-0.1, -0.05) is 12.1 Å². The zero-order chi connectivity index (χ0) is 16.5. The van der Waals surface area contributed by atoms with Crippen molar-refractivity contribution in [1.82, 2.24) is 9.97 Å². The monoisotopic (exact) mass is 320 g/mol. The Labute approximate surface area is 140 Å². The summed E-state index contributed by atoms with van der Waals surface area (Å²) in [6, 6.07) is 15.9. The first-order valence-corrected chi connectivity index (χ1v) is 8.31. The summed E-state index contributed by atoms with van der Waals surface area (Å²) in [5.41, 5.74) is 9.64. The maximum absolute atomic E-state index is 12.2. The molecule has 0 aliphatic heterocycles. The molecule has 0 saturated heterocycles. The third-order valence-corrected chi connectivity index (χ3v) is 4.66. The molecule has 3 aromatic rings. The van der Waals surface area contributed by atoms with Crippen molar-refractivity contribution in [2.45, 2.75) is 25.3 Å². The summed E-state index contributed by atoms with van der Waals surface area (Å²) in [5, 5.41) is 2.98. The topological polar surface area (TPSA) is 83.8 Å². The molecule has 1 aliphatic rings. The first-order valence-electron chi connectivity index (χ1n) is 8.31. The molecule has 2 aromatic carbocycles. The summed E-state index contributed by atoms with van der Waals surface area (Å²) in [7, 11) is 0. The average Bonchev–Trinajstić information content (AvgIpc) is 3.21. The van der Waals surface area contributed by atoms with E-state index < -0.39 is 0 Å². The molecule has 1 fully saturated rings. The van der Waals surface area contributed by atoms with Crippen molar-refractivity contribution in [3.8, 4) is 11.4 Å². The summed E-state index contributed by atoms with van der Waals surface area (Å²) in [5.74, 6) is 0.935. The molecule has 5 nitrogen and oxygen atoms in total. The van der Waals surface area contributed by atoms with Crippen LogP contribution in [0.25, 0.3) is 22.4 Å². The van der Waals surface area contributed by atoms with Crippen molar-refractivity contribution >= 4 is 22.6 Å². The Bertz CT molecular complexity index is 835. The van der Waals surface area contributed by atoms with Gasteiger partial charge in [-0.2, -0.15) is 0 Å². The third kappa shape index (κ3) is 2.90. The van der Waals surface area contributed by atoms with Crippen molar-refractivity contribution in [3.63, 3.8) is 0 Å². The predicted molar refractivity (Wildman–Crippen MR) is 95.5 cm³/mol. The molecule has 0 spiro atoms. The van der Waals surface area contributed by atoms with E-state index >= 15 is 0 Å². The molecular formula is C19H20N4O. The molecule has 4 N–H and O–H groups in total. The number of hydrogen-bond acceptors (Lipinski definition) is 3. The van der Waals surface area contributed by atoms with Gasteiger partial charge in [0.1, 0.15) is 5.82 Å². The first kappa shape index (κ1) is 14.9. The zero-order valence-electron chi connectivity index (χ0n) is 13.3. The number of H-pyrrole nitrogens is 1. The van der Waals surface area contributed by atoms with E-state index in [-0.39, 0.29) is 17.9 Å². The van der Waals surface area contributed by atoms with Crippen LogP contribution in [0.3, 0.4) is 0 Å². The van der Waals surface area contributed by atoms with E-state index in [0.717, 1.165) is 47.4 Å². The molecule has 2 unspecified atom stereocenters. The number of carbonyl (C=O) groups excluding carboxylic acids is 1. The van der Waals surface area contributed by atoms with Gasteiger partial charge in [0.05, 0.1) is 11.0 Å². The second-order valence-corrected chi connectivity index (χ2v) is 6.44. The summed E-state index contributed by atoms with van der Waals surface area (Å²) in [6.45, 7) is 0. The van der Waals surface area contributed by atoms with Crippen LogP contribution in [0.2, 0.25) is 0 Å². The number of nitrogens with one attached hydrogen (secondary N) is 2. The number of benzene rings is 2. The number of rotatable bonds is 3. The van der Waals surface area contributed by atoms with Crippen LogP contribution in [0.1, 0.15) is 19.3 Å². The molecule has 2 atom stereocenters. The minimum absolute atomic E-state index is 0.0371. The van der Waals surface area contributed by atoms with Crippen LogP contribution >= 0.6 is 0 Å². The first-order chi connectivity index (χ1) is 11.7. The van der Waals surface area contributed by atoms with Crippen LogP contribution < -0.4 is 11.1 Å². The number of aromatic amines is 1. The van der Waals surface area contributed by atoms with Gasteiger partial charge in [-0.05, 0) is 55.7 Å². The van der Waals surface area contributed by atoms with Gasteiger partial charge in [-0.15, -0.1) is 0 Å². The molecule has 122 valence electrons. The van der Waals surface area contributed by atoms with Gasteiger partial charge < -0.3 is 16.0 Å². The second kappa shape index (κ2) is 6.09. The summed E-state index contributed by atoms with van der Waals surface area (Å²) in [4.78, 5) is 20.1. The number of nitrogens with zero attached hydrogens (tertiary/aromatic N) is 1. The van der Waals surface area contributed by atoms with Gasteiger partial charge in [0.15, 0.2) is 0 Å². The fourth-order valence-electron chi connectivity index (χ4n) is 3.30. The fourth-order valence-corrected chi connectivity index (χ4v) is 3.30. The van der Waals surface area contributed by atoms with E-state index in [0.29, 0.717) is 0 Å². The minimum Gasteiger partial charge on any atom is -0.338 e. The summed E-state index contributed by atoms with van der Waals surface area (Å²) < 4.78 is 0. The SMILES string of the molecule is NC1CCC(C(=O)Nc2ccc(-c3nc4ccccc4[nH]3)cc2)C1. The number of hydrogen-bond donors (Lipinski definition) is 3. The van der Waals surface area contributed by atoms with Crippen molar-refractivity contribution in [1.29, 1.82) is 0 Å². The highest BCUT2D eigenvalue weighted by Crippen LogP contribution is 2.26. The third-order valence-electron chi connectivity index (χ3n) is 4.66. The van der Waals surface area contributed by atoms with E-state index in [1.54, 1.807) is 0 Å². The van der Waals surface area contributed by atoms with Crippen LogP contribution in [0.15, 0.2) is 48.5 Å². The number of imidazole rings is 1. The second-order valence-electron chi connectivity index (χ2n) is 6.44. The van der Waals surface area contributed by atoms with Crippen molar-refractivity contribution in [3.05, 3.63) is 48.5 Å². The lowest BCUT2D eigenvalue weighted by atomic mass is 10.1. The molecule has 5 heteroatoms. The Morgan fingerprint density at radius 2 is 1.92 bits per heavy atom. The van der Waals surface area contributed by atoms with Crippen molar-refractivity contribution in [2.75, 3.05) is 5.32 Å². The number of anilines is 1. The zero-order valence-corrected chi connectivity index (χ0v) is 13.3. The maximum Gasteiger partial charge on any atom is 0.227 e. The standard InChI is InChI=1S/C19H20N4O/c20-14-8-5-13(11-14)19(24)21-15-9-6-12(7-10-15)18-22-16-3-1-2-4-17(16)23-18/h1-4,6-7,9-10,13-14H,5,8,11,20H2,(H,21,24)(H,22,23). The van der Waals surface area contributed by atoms with Crippen LogP contribution in [0, 0.1) is 5.92 Å². The lowest BCUT2D eigenvalue weighted by Crippen LogP contribution is -2.23. The number of amides is 1. The molecule has 24 heavy (non-hydrogen) atoms. The van der Waals surface area contributed by atoms with E-state index in [1.807, 2.05) is 48.5 Å². The molecule has 1 aromatic heterocycles. The molecule has 1 saturated carbocycles. The molecule has 4 rings (SSSR count). The maximum atomic E-state index is 12.2. The van der Waals surface area contributed by atoms with Crippen LogP contribution in [-0.4, -0.2) is 21.9 Å². The minimum atomic E-state index is 0.0371. The summed E-state index contributed by atoms with van der Waals surface area (Å²) >= 11 is 0. The Hall–Kier alpha value is -2.66. The molecule has 1 heterocycles. The van der Waals surface area contributed by atoms with Crippen molar-refractivity contribution in [2.24, 2.45) is 11.7 Å². The smallest absolute Gasteiger partial charge is 0.227 e. The van der Waals surface area contributed by atoms with Crippen LogP contribution in [0.5, 0.6) is 0 Å². The molecule has 1 amide bonds. The quantitative estimate of drug-likeness (QED) is 0.692. The van der Waals surface area contributed by atoms with Gasteiger partial charge in [0.25, 0.3) is 0 Å². The van der Waals surface area contributed by atoms with Crippen LogP contribution in [-0.2, 0) is 4.79 Å². The Balaban J connectivity index is 1.49. The number of para-hydroxylation sites is 2. The number of fused-ring (bicyclic) bond motifs is 1. The van der Waals surface area contributed by atoms with E-state index in [1.165, 1.54) is 0 Å². The van der Waals surface area contributed by atoms with Gasteiger partial charge in [-0.25, -0.2) is 4.98 Å². The Morgan fingerprint density at radius 3 is 2.62 bits per heavy atom. The Morgan fingerprint density at radius 1 is 1.12 bits per heavy atom. The summed E-state index contributed by atoms with van der Waals surface area (Å²) in [6.07, 6.45) is 2.59. The van der Waals surface area contributed by atoms with E-state index in [9.17, 15) is 4.79 Å². The molecular weight excluding hydrogens is 300 g/mol. The molecule has 0 radical (unpaired) electrons. The van der Waals surface area contributed by atoms with E-state index in [2.05, 4.69) is 15.3 Å². The van der Waals surface area contributed by atoms with Crippen molar-refractivity contribution < 1.29 is 4.79 Å². The van der Waals surface area contributed by atoms with E-state index in [4.69, 9.17) is 5.73 Å². The number of carbonyl (C=O) groups is 1. The number of nitrogens with two attached hydrogens (primary N) is 1. The van der Waals surface area contributed by atoms with Gasteiger partial charge in [0, 0.05) is 23.2 Å². The highest BCUT2D eigenvalue weighted by molar-refractivity contribution is 5.93.